The van der Waals surface area contributed by atoms with Gasteiger partial charge in [-0.2, -0.15) is 0 Å². The van der Waals surface area contributed by atoms with Crippen LogP contribution in [0.1, 0.15) is 25.2 Å². The van der Waals surface area contributed by atoms with Crippen molar-refractivity contribution in [1.82, 2.24) is 24.7 Å². The van der Waals surface area contributed by atoms with Crippen molar-refractivity contribution in [2.45, 2.75) is 33.0 Å². The molecule has 2 amide bonds. The largest absolute Gasteiger partial charge is 0.336 e. The molecule has 0 spiro atoms. The Labute approximate surface area is 154 Å². The zero-order valence-electron chi connectivity index (χ0n) is 15.9. The van der Waals surface area contributed by atoms with Gasteiger partial charge in [-0.25, -0.2) is 14.2 Å². The molecule has 1 heterocycles. The molecule has 2 aromatic rings. The molecule has 0 bridgehead atoms. The Morgan fingerprint density at radius 1 is 1.23 bits per heavy atom. The van der Waals surface area contributed by atoms with Crippen LogP contribution in [0.5, 0.6) is 0 Å². The molecule has 0 radical (unpaired) electrons. The maximum atomic E-state index is 13.1. The molecule has 1 aromatic heterocycles. The van der Waals surface area contributed by atoms with E-state index in [1.807, 2.05) is 43.6 Å². The van der Waals surface area contributed by atoms with E-state index in [9.17, 15) is 9.18 Å². The lowest BCUT2D eigenvalue weighted by Crippen LogP contribution is -2.45. The van der Waals surface area contributed by atoms with Crippen molar-refractivity contribution in [3.8, 4) is 0 Å². The van der Waals surface area contributed by atoms with Crippen LogP contribution in [0.2, 0.25) is 0 Å². The maximum absolute atomic E-state index is 13.1. The van der Waals surface area contributed by atoms with Crippen molar-refractivity contribution >= 4 is 6.03 Å². The molecule has 0 aliphatic heterocycles. The number of imidazole rings is 1. The number of likely N-dealkylation sites (N-methyl/N-ethyl adjacent to an activating group) is 1. The van der Waals surface area contributed by atoms with Gasteiger partial charge in [-0.05, 0) is 45.6 Å². The van der Waals surface area contributed by atoms with Gasteiger partial charge in [-0.15, -0.1) is 0 Å². The van der Waals surface area contributed by atoms with E-state index in [0.29, 0.717) is 19.6 Å². The number of aromatic nitrogens is 2. The minimum Gasteiger partial charge on any atom is -0.336 e. The highest BCUT2D eigenvalue weighted by Crippen LogP contribution is 2.10. The first-order chi connectivity index (χ1) is 12.3. The predicted octanol–water partition coefficient (Wildman–Crippen LogP) is 2.55. The minimum absolute atomic E-state index is 0.0725. The Hall–Kier alpha value is -2.41. The number of nitrogens with zero attached hydrogens (tertiary/aromatic N) is 4. The highest BCUT2D eigenvalue weighted by Gasteiger charge is 2.17. The quantitative estimate of drug-likeness (QED) is 0.786. The summed E-state index contributed by atoms with van der Waals surface area (Å²) >= 11 is 0. The van der Waals surface area contributed by atoms with Crippen molar-refractivity contribution in [2.24, 2.45) is 0 Å². The van der Waals surface area contributed by atoms with Crippen LogP contribution in [-0.2, 0) is 13.1 Å². The second kappa shape index (κ2) is 9.33. The van der Waals surface area contributed by atoms with E-state index in [-0.39, 0.29) is 17.9 Å². The first kappa shape index (κ1) is 19.9. The van der Waals surface area contributed by atoms with Gasteiger partial charge in [0.2, 0.25) is 0 Å². The average Bonchev–Trinajstić information content (AvgIpc) is 2.99. The lowest BCUT2D eigenvalue weighted by molar-refractivity contribution is 0.184. The second-order valence-electron chi connectivity index (χ2n) is 6.93. The van der Waals surface area contributed by atoms with Gasteiger partial charge in [0.05, 0.1) is 6.54 Å². The number of halogens is 1. The SMILES string of the molecule is CC(C)NC(=O)N(CCN(C)C)Cc1nccn1Cc1ccc(F)cc1. The Morgan fingerprint density at radius 3 is 2.54 bits per heavy atom. The van der Waals surface area contributed by atoms with E-state index in [0.717, 1.165) is 17.9 Å². The number of urea groups is 1. The van der Waals surface area contributed by atoms with Crippen LogP contribution in [0, 0.1) is 5.82 Å². The third-order valence-electron chi connectivity index (χ3n) is 3.92. The topological polar surface area (TPSA) is 53.4 Å². The van der Waals surface area contributed by atoms with Gasteiger partial charge in [-0.1, -0.05) is 12.1 Å². The molecule has 6 nitrogen and oxygen atoms in total. The van der Waals surface area contributed by atoms with E-state index in [1.54, 1.807) is 23.2 Å². The van der Waals surface area contributed by atoms with Crippen molar-refractivity contribution in [3.63, 3.8) is 0 Å². The normalized spacial score (nSPS) is 11.2. The van der Waals surface area contributed by atoms with Gasteiger partial charge in [-0.3, -0.25) is 0 Å². The zero-order chi connectivity index (χ0) is 19.1. The molecular formula is C19H28FN5O. The van der Waals surface area contributed by atoms with Gasteiger partial charge in [0.25, 0.3) is 0 Å². The van der Waals surface area contributed by atoms with Crippen LogP contribution in [0.4, 0.5) is 9.18 Å². The monoisotopic (exact) mass is 361 g/mol. The molecule has 1 aromatic carbocycles. The Bertz CT molecular complexity index is 696. The molecule has 0 saturated carbocycles. The summed E-state index contributed by atoms with van der Waals surface area (Å²) in [5, 5.41) is 2.94. The second-order valence-corrected chi connectivity index (χ2v) is 6.93. The fourth-order valence-electron chi connectivity index (χ4n) is 2.50. The third kappa shape index (κ3) is 6.15. The summed E-state index contributed by atoms with van der Waals surface area (Å²) in [6.07, 6.45) is 3.60. The Morgan fingerprint density at radius 2 is 1.92 bits per heavy atom. The summed E-state index contributed by atoms with van der Waals surface area (Å²) in [6.45, 7) is 6.26. The van der Waals surface area contributed by atoms with E-state index in [1.165, 1.54) is 12.1 Å². The van der Waals surface area contributed by atoms with Crippen LogP contribution in [0.25, 0.3) is 0 Å². The molecule has 7 heteroatoms. The Kier molecular flexibility index (Phi) is 7.15. The van der Waals surface area contributed by atoms with Crippen molar-refractivity contribution in [2.75, 3.05) is 27.2 Å². The fourth-order valence-corrected chi connectivity index (χ4v) is 2.50. The number of rotatable bonds is 8. The van der Waals surface area contributed by atoms with Crippen LogP contribution >= 0.6 is 0 Å². The summed E-state index contributed by atoms with van der Waals surface area (Å²) in [5.41, 5.74) is 0.983. The summed E-state index contributed by atoms with van der Waals surface area (Å²) in [5.74, 6) is 0.548. The number of carbonyl (C=O) groups excluding carboxylic acids is 1. The predicted molar refractivity (Wildman–Crippen MR) is 100 cm³/mol. The number of hydrogen-bond acceptors (Lipinski definition) is 3. The molecule has 0 aliphatic rings. The highest BCUT2D eigenvalue weighted by molar-refractivity contribution is 5.74. The summed E-state index contributed by atoms with van der Waals surface area (Å²) in [6, 6.07) is 6.39. The molecule has 142 valence electrons. The molecule has 0 atom stereocenters. The fraction of sp³-hybridized carbons (Fsp3) is 0.474. The first-order valence-electron chi connectivity index (χ1n) is 8.79. The minimum atomic E-state index is -0.250. The standard InChI is InChI=1S/C19H28FN5O/c1-15(2)22-19(26)25(12-11-23(3)4)14-18-21-9-10-24(18)13-16-5-7-17(20)8-6-16/h5-10,15H,11-14H2,1-4H3,(H,22,26). The zero-order valence-corrected chi connectivity index (χ0v) is 15.9. The van der Waals surface area contributed by atoms with E-state index in [4.69, 9.17) is 0 Å². The number of carbonyl (C=O) groups is 1. The molecular weight excluding hydrogens is 333 g/mol. The third-order valence-corrected chi connectivity index (χ3v) is 3.92. The van der Waals surface area contributed by atoms with Gasteiger partial charge in [0.1, 0.15) is 11.6 Å². The van der Waals surface area contributed by atoms with Crippen molar-refractivity contribution < 1.29 is 9.18 Å². The molecule has 2 rings (SSSR count). The maximum Gasteiger partial charge on any atom is 0.318 e. The van der Waals surface area contributed by atoms with Crippen LogP contribution in [0.3, 0.4) is 0 Å². The number of hydrogen-bond donors (Lipinski definition) is 1. The Balaban J connectivity index is 2.10. The lowest BCUT2D eigenvalue weighted by atomic mass is 10.2. The van der Waals surface area contributed by atoms with Gasteiger partial charge < -0.3 is 19.7 Å². The average molecular weight is 361 g/mol. The molecule has 0 fully saturated rings. The summed E-state index contributed by atoms with van der Waals surface area (Å²) in [4.78, 5) is 20.7. The summed E-state index contributed by atoms with van der Waals surface area (Å²) < 4.78 is 15.1. The molecule has 0 saturated heterocycles. The molecule has 1 N–H and O–H groups in total. The van der Waals surface area contributed by atoms with Crippen molar-refractivity contribution in [1.29, 1.82) is 0 Å². The van der Waals surface area contributed by atoms with E-state index in [2.05, 4.69) is 10.3 Å². The first-order valence-corrected chi connectivity index (χ1v) is 8.79. The van der Waals surface area contributed by atoms with Gasteiger partial charge in [0.15, 0.2) is 0 Å². The lowest BCUT2D eigenvalue weighted by Gasteiger charge is -2.25. The van der Waals surface area contributed by atoms with E-state index < -0.39 is 0 Å². The van der Waals surface area contributed by atoms with Crippen LogP contribution in [-0.4, -0.2) is 58.6 Å². The number of nitrogens with one attached hydrogen (secondary N) is 1. The van der Waals surface area contributed by atoms with Gasteiger partial charge >= 0.3 is 6.03 Å². The van der Waals surface area contributed by atoms with Crippen molar-refractivity contribution in [3.05, 3.63) is 53.9 Å². The number of amides is 2. The molecule has 0 aliphatic carbocycles. The van der Waals surface area contributed by atoms with Crippen LogP contribution < -0.4 is 5.32 Å². The van der Waals surface area contributed by atoms with E-state index >= 15 is 0 Å². The number of benzene rings is 1. The highest BCUT2D eigenvalue weighted by atomic mass is 19.1. The summed E-state index contributed by atoms with van der Waals surface area (Å²) in [7, 11) is 3.96. The molecule has 0 unspecified atom stereocenters. The van der Waals surface area contributed by atoms with Gasteiger partial charge in [0, 0.05) is 38.1 Å². The molecule has 26 heavy (non-hydrogen) atoms. The van der Waals surface area contributed by atoms with Crippen LogP contribution in [0.15, 0.2) is 36.7 Å². The smallest absolute Gasteiger partial charge is 0.318 e.